The quantitative estimate of drug-likeness (QED) is 0.447. The Labute approximate surface area is 188 Å². The number of ether oxygens (including phenoxy) is 3. The molecule has 5 rings (SSSR count). The molecule has 1 amide bonds. The van der Waals surface area contributed by atoms with Gasteiger partial charge in [-0.15, -0.1) is 0 Å². The minimum atomic E-state index is -0.448. The molecule has 0 fully saturated rings. The van der Waals surface area contributed by atoms with Crippen molar-refractivity contribution in [2.75, 3.05) is 19.5 Å². The zero-order valence-corrected chi connectivity index (χ0v) is 17.9. The number of hydrogen-bond acceptors (Lipinski definition) is 7. The SMILES string of the molecule is COC(=O)c1ccc(Oc2ccc(C3CC(=O)Nc4n[nH]cc43)cc2OC)c2ncccc12. The molecule has 1 aliphatic rings. The van der Waals surface area contributed by atoms with Crippen molar-refractivity contribution in [3.05, 3.63) is 71.5 Å². The first-order chi connectivity index (χ1) is 16.1. The van der Waals surface area contributed by atoms with Crippen molar-refractivity contribution in [3.63, 3.8) is 0 Å². The Hall–Kier alpha value is -4.40. The second-order valence-corrected chi connectivity index (χ2v) is 7.51. The molecule has 0 saturated carbocycles. The summed E-state index contributed by atoms with van der Waals surface area (Å²) in [6.07, 6.45) is 3.73. The van der Waals surface area contributed by atoms with Crippen LogP contribution in [0.1, 0.15) is 33.8 Å². The summed E-state index contributed by atoms with van der Waals surface area (Å²) in [7, 11) is 2.89. The lowest BCUT2D eigenvalue weighted by molar-refractivity contribution is -0.116. The first kappa shape index (κ1) is 20.5. The third-order valence-electron chi connectivity index (χ3n) is 5.64. The molecule has 2 aromatic carbocycles. The number of aromatic nitrogens is 3. The summed E-state index contributed by atoms with van der Waals surface area (Å²) in [4.78, 5) is 28.7. The second-order valence-electron chi connectivity index (χ2n) is 7.51. The third kappa shape index (κ3) is 3.63. The molecule has 9 heteroatoms. The van der Waals surface area contributed by atoms with Crippen LogP contribution in [0.25, 0.3) is 10.9 Å². The van der Waals surface area contributed by atoms with Crippen molar-refractivity contribution in [2.24, 2.45) is 0 Å². The summed E-state index contributed by atoms with van der Waals surface area (Å²) in [5.74, 6) is 1.30. The number of benzene rings is 2. The minimum absolute atomic E-state index is 0.0952. The van der Waals surface area contributed by atoms with Crippen LogP contribution in [-0.4, -0.2) is 41.3 Å². The number of methoxy groups -OCH3 is 2. The minimum Gasteiger partial charge on any atom is -0.493 e. The highest BCUT2D eigenvalue weighted by atomic mass is 16.5. The average molecular weight is 444 g/mol. The lowest BCUT2D eigenvalue weighted by atomic mass is 9.87. The van der Waals surface area contributed by atoms with Crippen molar-refractivity contribution in [1.82, 2.24) is 15.2 Å². The Morgan fingerprint density at radius 2 is 1.94 bits per heavy atom. The first-order valence-corrected chi connectivity index (χ1v) is 10.2. The maximum absolute atomic E-state index is 12.1. The molecule has 0 spiro atoms. The van der Waals surface area contributed by atoms with Gasteiger partial charge in [0.1, 0.15) is 5.52 Å². The summed E-state index contributed by atoms with van der Waals surface area (Å²) in [6.45, 7) is 0. The van der Waals surface area contributed by atoms with Gasteiger partial charge in [-0.25, -0.2) is 4.79 Å². The Kier molecular flexibility index (Phi) is 5.14. The van der Waals surface area contributed by atoms with Crippen molar-refractivity contribution < 1.29 is 23.8 Å². The number of carbonyl (C=O) groups is 2. The lowest BCUT2D eigenvalue weighted by Crippen LogP contribution is -2.22. The molecule has 1 unspecified atom stereocenters. The first-order valence-electron chi connectivity index (χ1n) is 10.2. The Morgan fingerprint density at radius 1 is 1.09 bits per heavy atom. The van der Waals surface area contributed by atoms with Gasteiger partial charge in [-0.2, -0.15) is 5.10 Å². The van der Waals surface area contributed by atoms with Crippen LogP contribution in [0.3, 0.4) is 0 Å². The van der Waals surface area contributed by atoms with Gasteiger partial charge >= 0.3 is 5.97 Å². The number of H-pyrrole nitrogens is 1. The van der Waals surface area contributed by atoms with Gasteiger partial charge in [0.15, 0.2) is 23.1 Å². The van der Waals surface area contributed by atoms with Gasteiger partial charge in [-0.05, 0) is 35.9 Å². The van der Waals surface area contributed by atoms with Gasteiger partial charge in [-0.1, -0.05) is 12.1 Å². The van der Waals surface area contributed by atoms with Crippen LogP contribution >= 0.6 is 0 Å². The van der Waals surface area contributed by atoms with Crippen LogP contribution < -0.4 is 14.8 Å². The molecule has 2 aromatic heterocycles. The number of rotatable bonds is 5. The molecular formula is C24H20N4O5. The predicted molar refractivity (Wildman–Crippen MR) is 120 cm³/mol. The Morgan fingerprint density at radius 3 is 2.76 bits per heavy atom. The highest BCUT2D eigenvalue weighted by molar-refractivity contribution is 6.05. The largest absolute Gasteiger partial charge is 0.493 e. The van der Waals surface area contributed by atoms with E-state index < -0.39 is 5.97 Å². The molecular weight excluding hydrogens is 424 g/mol. The molecule has 2 N–H and O–H groups in total. The maximum Gasteiger partial charge on any atom is 0.338 e. The third-order valence-corrected chi connectivity index (χ3v) is 5.64. The highest BCUT2D eigenvalue weighted by Crippen LogP contribution is 2.41. The van der Waals surface area contributed by atoms with E-state index in [-0.39, 0.29) is 11.8 Å². The van der Waals surface area contributed by atoms with E-state index in [0.29, 0.717) is 46.0 Å². The van der Waals surface area contributed by atoms with Crippen LogP contribution in [0, 0.1) is 0 Å². The smallest absolute Gasteiger partial charge is 0.338 e. The molecule has 1 atom stereocenters. The number of pyridine rings is 1. The molecule has 4 aromatic rings. The molecule has 0 saturated heterocycles. The van der Waals surface area contributed by atoms with Gasteiger partial charge in [0.05, 0.1) is 19.8 Å². The molecule has 3 heterocycles. The van der Waals surface area contributed by atoms with Crippen LogP contribution in [0.5, 0.6) is 17.2 Å². The van der Waals surface area contributed by atoms with E-state index in [1.807, 2.05) is 12.1 Å². The number of nitrogens with zero attached hydrogens (tertiary/aromatic N) is 2. The van der Waals surface area contributed by atoms with Gasteiger partial charge in [0.25, 0.3) is 0 Å². The molecule has 9 nitrogen and oxygen atoms in total. The summed E-state index contributed by atoms with van der Waals surface area (Å²) in [6, 6.07) is 12.4. The molecule has 33 heavy (non-hydrogen) atoms. The van der Waals surface area contributed by atoms with E-state index in [4.69, 9.17) is 14.2 Å². The Balaban J connectivity index is 1.52. The summed E-state index contributed by atoms with van der Waals surface area (Å²) in [5.41, 5.74) is 2.75. The number of amides is 1. The number of aromatic amines is 1. The van der Waals surface area contributed by atoms with Gasteiger partial charge in [0.2, 0.25) is 5.91 Å². The van der Waals surface area contributed by atoms with E-state index in [0.717, 1.165) is 11.1 Å². The average Bonchev–Trinajstić information content (AvgIpc) is 3.32. The fourth-order valence-electron chi connectivity index (χ4n) is 4.06. The number of fused-ring (bicyclic) bond motifs is 2. The second kappa shape index (κ2) is 8.27. The van der Waals surface area contributed by atoms with Crippen molar-refractivity contribution in [1.29, 1.82) is 0 Å². The van der Waals surface area contributed by atoms with Crippen molar-refractivity contribution in [3.8, 4) is 17.2 Å². The number of anilines is 1. The lowest BCUT2D eigenvalue weighted by Gasteiger charge is -2.23. The zero-order chi connectivity index (χ0) is 22.9. The molecule has 0 radical (unpaired) electrons. The topological polar surface area (TPSA) is 115 Å². The fourth-order valence-corrected chi connectivity index (χ4v) is 4.06. The molecule has 1 aliphatic heterocycles. The highest BCUT2D eigenvalue weighted by Gasteiger charge is 2.29. The zero-order valence-electron chi connectivity index (χ0n) is 17.9. The van der Waals surface area contributed by atoms with Crippen LogP contribution in [0.15, 0.2) is 54.9 Å². The molecule has 0 aliphatic carbocycles. The van der Waals surface area contributed by atoms with Gasteiger partial charge < -0.3 is 19.5 Å². The van der Waals surface area contributed by atoms with E-state index in [2.05, 4.69) is 20.5 Å². The summed E-state index contributed by atoms with van der Waals surface area (Å²) < 4.78 is 16.6. The van der Waals surface area contributed by atoms with Gasteiger partial charge in [-0.3, -0.25) is 14.9 Å². The van der Waals surface area contributed by atoms with E-state index in [9.17, 15) is 9.59 Å². The Bertz CT molecular complexity index is 1380. The van der Waals surface area contributed by atoms with Crippen LogP contribution in [0.4, 0.5) is 5.82 Å². The van der Waals surface area contributed by atoms with Crippen LogP contribution in [0.2, 0.25) is 0 Å². The molecule has 0 bridgehead atoms. The van der Waals surface area contributed by atoms with Crippen LogP contribution in [-0.2, 0) is 9.53 Å². The predicted octanol–water partition coefficient (Wildman–Crippen LogP) is 4.02. The van der Waals surface area contributed by atoms with E-state index in [1.54, 1.807) is 49.8 Å². The van der Waals surface area contributed by atoms with E-state index in [1.165, 1.54) is 7.11 Å². The fraction of sp³-hybridized carbons (Fsp3) is 0.167. The maximum atomic E-state index is 12.1. The summed E-state index contributed by atoms with van der Waals surface area (Å²) in [5, 5.41) is 10.3. The van der Waals surface area contributed by atoms with E-state index >= 15 is 0 Å². The number of esters is 1. The normalized spacial score (nSPS) is 15.0. The van der Waals surface area contributed by atoms with Crippen molar-refractivity contribution >= 4 is 28.6 Å². The number of hydrogen-bond donors (Lipinski definition) is 2. The van der Waals surface area contributed by atoms with Crippen molar-refractivity contribution in [2.45, 2.75) is 12.3 Å². The number of carbonyl (C=O) groups excluding carboxylic acids is 2. The monoisotopic (exact) mass is 444 g/mol. The number of nitrogens with one attached hydrogen (secondary N) is 2. The molecule has 166 valence electrons. The summed E-state index contributed by atoms with van der Waals surface area (Å²) >= 11 is 0. The standard InChI is InChI=1S/C24H20N4O5/c1-31-20-10-13(16-11-21(29)27-23-17(16)12-26-28-23)5-7-18(20)33-19-8-6-15(24(30)32-2)14-4-3-9-25-22(14)19/h3-10,12,16H,11H2,1-2H3,(H2,26,27,28,29). The van der Waals surface area contributed by atoms with Gasteiger partial charge in [0, 0.05) is 35.7 Å².